The molecule has 3 rings (SSSR count). The fourth-order valence-corrected chi connectivity index (χ4v) is 3.62. The summed E-state index contributed by atoms with van der Waals surface area (Å²) in [5.74, 6) is 2.70. The van der Waals surface area contributed by atoms with Crippen LogP contribution in [-0.2, 0) is 0 Å². The van der Waals surface area contributed by atoms with E-state index in [1.807, 2.05) is 19.1 Å². The summed E-state index contributed by atoms with van der Waals surface area (Å²) in [6.07, 6.45) is 7.90. The first kappa shape index (κ1) is 10.9. The van der Waals surface area contributed by atoms with E-state index in [9.17, 15) is 4.79 Å². The van der Waals surface area contributed by atoms with Crippen LogP contribution in [0, 0.1) is 24.7 Å². The predicted octanol–water partition coefficient (Wildman–Crippen LogP) is 3.40. The summed E-state index contributed by atoms with van der Waals surface area (Å²) < 4.78 is 0. The third-order valence-electron chi connectivity index (χ3n) is 4.57. The highest BCUT2D eigenvalue weighted by Crippen LogP contribution is 2.49. The van der Waals surface area contributed by atoms with E-state index in [0.717, 1.165) is 29.5 Å². The molecule has 2 heteroatoms. The van der Waals surface area contributed by atoms with E-state index in [1.165, 1.54) is 25.7 Å². The second-order valence-corrected chi connectivity index (χ2v) is 5.75. The largest absolute Gasteiger partial charge is 0.294 e. The van der Waals surface area contributed by atoms with Crippen molar-refractivity contribution >= 4 is 5.78 Å². The smallest absolute Gasteiger partial charge is 0.164 e. The lowest BCUT2D eigenvalue weighted by Crippen LogP contribution is -2.15. The monoisotopic (exact) mass is 229 g/mol. The number of hydrogen-bond acceptors (Lipinski definition) is 2. The summed E-state index contributed by atoms with van der Waals surface area (Å²) in [4.78, 5) is 16.4. The fourth-order valence-electron chi connectivity index (χ4n) is 3.62. The summed E-state index contributed by atoms with van der Waals surface area (Å²) in [6.45, 7) is 1.95. The van der Waals surface area contributed by atoms with Gasteiger partial charge in [-0.25, -0.2) is 0 Å². The molecule has 0 amide bonds. The second kappa shape index (κ2) is 4.25. The average Bonchev–Trinajstić information content (AvgIpc) is 2.91. The number of aryl methyl sites for hydroxylation is 1. The lowest BCUT2D eigenvalue weighted by Gasteiger charge is -2.20. The van der Waals surface area contributed by atoms with Crippen LogP contribution in [0.15, 0.2) is 18.3 Å². The molecule has 3 unspecified atom stereocenters. The maximum Gasteiger partial charge on any atom is 0.164 e. The lowest BCUT2D eigenvalue weighted by molar-refractivity contribution is 0.0944. The van der Waals surface area contributed by atoms with Crippen molar-refractivity contribution in [2.24, 2.45) is 17.8 Å². The molecule has 2 fully saturated rings. The van der Waals surface area contributed by atoms with E-state index in [1.54, 1.807) is 6.20 Å². The third kappa shape index (κ3) is 2.13. The first-order valence-electron chi connectivity index (χ1n) is 6.68. The zero-order chi connectivity index (χ0) is 11.8. The van der Waals surface area contributed by atoms with Crippen LogP contribution in [0.3, 0.4) is 0 Å². The summed E-state index contributed by atoms with van der Waals surface area (Å²) in [7, 11) is 0. The molecule has 1 aromatic heterocycles. The Labute approximate surface area is 102 Å². The van der Waals surface area contributed by atoms with E-state index < -0.39 is 0 Å². The molecule has 17 heavy (non-hydrogen) atoms. The minimum atomic E-state index is 0.287. The number of nitrogens with zero attached hydrogens (tertiary/aromatic N) is 1. The van der Waals surface area contributed by atoms with Crippen LogP contribution >= 0.6 is 0 Å². The Morgan fingerprint density at radius 3 is 2.82 bits per heavy atom. The standard InChI is InChI=1S/C15H19NO/c1-10-2-4-13(9-16-10)15(17)8-14-7-11-3-5-12(14)6-11/h2,4,9,11-12,14H,3,5-8H2,1H3. The van der Waals surface area contributed by atoms with Gasteiger partial charge in [0.25, 0.3) is 0 Å². The molecule has 0 spiro atoms. The van der Waals surface area contributed by atoms with Gasteiger partial charge < -0.3 is 0 Å². The number of ketones is 1. The lowest BCUT2D eigenvalue weighted by atomic mass is 9.84. The Kier molecular flexibility index (Phi) is 2.73. The molecule has 0 radical (unpaired) electrons. The van der Waals surface area contributed by atoms with Crippen molar-refractivity contribution in [2.75, 3.05) is 0 Å². The van der Waals surface area contributed by atoms with Crippen LogP contribution in [0.4, 0.5) is 0 Å². The van der Waals surface area contributed by atoms with Gasteiger partial charge >= 0.3 is 0 Å². The van der Waals surface area contributed by atoms with Crippen LogP contribution in [0.1, 0.15) is 48.2 Å². The fraction of sp³-hybridized carbons (Fsp3) is 0.600. The van der Waals surface area contributed by atoms with E-state index in [0.29, 0.717) is 5.92 Å². The zero-order valence-electron chi connectivity index (χ0n) is 10.4. The van der Waals surface area contributed by atoms with Crippen molar-refractivity contribution in [1.82, 2.24) is 4.98 Å². The Hall–Kier alpha value is -1.18. The molecule has 0 saturated heterocycles. The number of rotatable bonds is 3. The number of pyridine rings is 1. The number of carbonyl (C=O) groups excluding carboxylic acids is 1. The van der Waals surface area contributed by atoms with Crippen molar-refractivity contribution in [1.29, 1.82) is 0 Å². The third-order valence-corrected chi connectivity index (χ3v) is 4.57. The van der Waals surface area contributed by atoms with Crippen LogP contribution in [0.5, 0.6) is 0 Å². The van der Waals surface area contributed by atoms with Gasteiger partial charge in [-0.15, -0.1) is 0 Å². The molecule has 0 N–H and O–H groups in total. The second-order valence-electron chi connectivity index (χ2n) is 5.75. The van der Waals surface area contributed by atoms with Crippen molar-refractivity contribution < 1.29 is 4.79 Å². The number of aromatic nitrogens is 1. The minimum Gasteiger partial charge on any atom is -0.294 e. The molecule has 2 aliphatic carbocycles. The van der Waals surface area contributed by atoms with E-state index in [2.05, 4.69) is 4.98 Å². The molecule has 0 aromatic carbocycles. The van der Waals surface area contributed by atoms with Crippen molar-refractivity contribution in [2.45, 2.75) is 39.0 Å². The molecular weight excluding hydrogens is 210 g/mol. The van der Waals surface area contributed by atoms with Gasteiger partial charge in [0, 0.05) is 23.9 Å². The number of Topliss-reactive ketones (excluding diaryl/α,β-unsaturated/α-hetero) is 1. The molecule has 2 aliphatic rings. The topological polar surface area (TPSA) is 30.0 Å². The maximum absolute atomic E-state index is 12.1. The van der Waals surface area contributed by atoms with Crippen LogP contribution in [0.2, 0.25) is 0 Å². The predicted molar refractivity (Wildman–Crippen MR) is 66.9 cm³/mol. The Balaban J connectivity index is 1.65. The van der Waals surface area contributed by atoms with Crippen LogP contribution < -0.4 is 0 Å². The van der Waals surface area contributed by atoms with Gasteiger partial charge in [-0.3, -0.25) is 9.78 Å². The Morgan fingerprint density at radius 2 is 2.24 bits per heavy atom. The summed E-state index contributed by atoms with van der Waals surface area (Å²) in [5, 5.41) is 0. The van der Waals surface area contributed by atoms with E-state index >= 15 is 0 Å². The molecule has 3 atom stereocenters. The van der Waals surface area contributed by atoms with Crippen molar-refractivity contribution in [3.8, 4) is 0 Å². The Bertz CT molecular complexity index is 423. The zero-order valence-corrected chi connectivity index (χ0v) is 10.4. The minimum absolute atomic E-state index is 0.287. The molecule has 2 nitrogen and oxygen atoms in total. The first-order chi connectivity index (χ1) is 8.22. The van der Waals surface area contributed by atoms with Gasteiger partial charge in [-0.05, 0) is 56.1 Å². The highest BCUT2D eigenvalue weighted by molar-refractivity contribution is 5.95. The van der Waals surface area contributed by atoms with E-state index in [4.69, 9.17) is 0 Å². The van der Waals surface area contributed by atoms with Gasteiger partial charge in [0.2, 0.25) is 0 Å². The van der Waals surface area contributed by atoms with Crippen LogP contribution in [-0.4, -0.2) is 10.8 Å². The average molecular weight is 229 g/mol. The molecular formula is C15H19NO. The van der Waals surface area contributed by atoms with Gasteiger partial charge in [0.05, 0.1) is 0 Å². The molecule has 1 aromatic rings. The maximum atomic E-state index is 12.1. The quantitative estimate of drug-likeness (QED) is 0.743. The SMILES string of the molecule is Cc1ccc(C(=O)CC2CC3CCC2C3)cn1. The highest BCUT2D eigenvalue weighted by Gasteiger charge is 2.40. The van der Waals surface area contributed by atoms with Crippen molar-refractivity contribution in [3.63, 3.8) is 0 Å². The van der Waals surface area contributed by atoms with Crippen molar-refractivity contribution in [3.05, 3.63) is 29.6 Å². The Morgan fingerprint density at radius 1 is 1.35 bits per heavy atom. The number of carbonyl (C=O) groups is 1. The van der Waals surface area contributed by atoms with Gasteiger partial charge in [-0.2, -0.15) is 0 Å². The molecule has 2 saturated carbocycles. The number of fused-ring (bicyclic) bond motifs is 2. The molecule has 2 bridgehead atoms. The summed E-state index contributed by atoms with van der Waals surface area (Å²) >= 11 is 0. The molecule has 0 aliphatic heterocycles. The number of hydrogen-bond donors (Lipinski definition) is 0. The highest BCUT2D eigenvalue weighted by atomic mass is 16.1. The van der Waals surface area contributed by atoms with E-state index in [-0.39, 0.29) is 5.78 Å². The molecule has 90 valence electrons. The van der Waals surface area contributed by atoms with Gasteiger partial charge in [0.1, 0.15) is 0 Å². The summed E-state index contributed by atoms with van der Waals surface area (Å²) in [5.41, 5.74) is 1.76. The first-order valence-corrected chi connectivity index (χ1v) is 6.68. The molecule has 1 heterocycles. The normalized spacial score (nSPS) is 30.8. The summed E-state index contributed by atoms with van der Waals surface area (Å²) in [6, 6.07) is 3.84. The van der Waals surface area contributed by atoms with Gasteiger partial charge in [0.15, 0.2) is 5.78 Å². The van der Waals surface area contributed by atoms with Gasteiger partial charge in [-0.1, -0.05) is 6.42 Å². The van der Waals surface area contributed by atoms with Crippen LogP contribution in [0.25, 0.3) is 0 Å².